The number of benzene rings is 1. The molecule has 1 atom stereocenters. The molecule has 0 aromatic heterocycles. The van der Waals surface area contributed by atoms with E-state index in [9.17, 15) is 4.79 Å². The third-order valence-corrected chi connectivity index (χ3v) is 6.60. The van der Waals surface area contributed by atoms with Crippen LogP contribution in [0, 0.1) is 0 Å². The van der Waals surface area contributed by atoms with Crippen LogP contribution in [0.4, 0.5) is 0 Å². The predicted octanol–water partition coefficient (Wildman–Crippen LogP) is 3.10. The molecular weight excluding hydrogens is 356 g/mol. The second-order valence-corrected chi connectivity index (χ2v) is 8.61. The van der Waals surface area contributed by atoms with Crippen LogP contribution in [0.25, 0.3) is 0 Å². The first-order valence-electron chi connectivity index (χ1n) is 10.2. The summed E-state index contributed by atoms with van der Waals surface area (Å²) < 4.78 is 0. The van der Waals surface area contributed by atoms with Crippen LogP contribution in [0.3, 0.4) is 0 Å². The van der Waals surface area contributed by atoms with Crippen LogP contribution in [0.5, 0.6) is 0 Å². The number of rotatable bonds is 6. The molecule has 1 N–H and O–H groups in total. The molecule has 0 spiro atoms. The van der Waals surface area contributed by atoms with E-state index >= 15 is 0 Å². The largest absolute Gasteiger partial charge is 0.357 e. The second kappa shape index (κ2) is 10.0. The first kappa shape index (κ1) is 20.1. The van der Waals surface area contributed by atoms with E-state index in [1.807, 2.05) is 17.0 Å². The minimum absolute atomic E-state index is 0.242. The molecule has 1 fully saturated rings. The van der Waals surface area contributed by atoms with Gasteiger partial charge in [0, 0.05) is 56.7 Å². The fourth-order valence-corrected chi connectivity index (χ4v) is 4.85. The average molecular weight is 389 g/mol. The van der Waals surface area contributed by atoms with Crippen molar-refractivity contribution in [3.8, 4) is 0 Å². The molecule has 6 heteroatoms. The number of hydrogen-bond donors (Lipinski definition) is 1. The Balaban J connectivity index is 1.46. The van der Waals surface area contributed by atoms with Gasteiger partial charge in [0.15, 0.2) is 5.96 Å². The molecule has 0 bridgehead atoms. The van der Waals surface area contributed by atoms with Crippen LogP contribution in [0.2, 0.25) is 0 Å². The van der Waals surface area contributed by atoms with Gasteiger partial charge in [-0.3, -0.25) is 9.79 Å². The first-order valence-corrected chi connectivity index (χ1v) is 11.3. The summed E-state index contributed by atoms with van der Waals surface area (Å²) in [5.74, 6) is 2.42. The Morgan fingerprint density at radius 1 is 1.22 bits per heavy atom. The lowest BCUT2D eigenvalue weighted by molar-refractivity contribution is -0.131. The van der Waals surface area contributed by atoms with Crippen molar-refractivity contribution >= 4 is 23.6 Å². The molecule has 1 unspecified atom stereocenters. The highest BCUT2D eigenvalue weighted by Gasteiger charge is 2.23. The molecule has 1 saturated heterocycles. The van der Waals surface area contributed by atoms with Crippen molar-refractivity contribution in [2.45, 2.75) is 51.4 Å². The van der Waals surface area contributed by atoms with Gasteiger partial charge in [0.05, 0.1) is 0 Å². The molecule has 0 saturated carbocycles. The van der Waals surface area contributed by atoms with Crippen molar-refractivity contribution in [1.82, 2.24) is 15.1 Å². The molecule has 0 radical (unpaired) electrons. The quantitative estimate of drug-likeness (QED) is 0.462. The number of nitrogens with zero attached hydrogens (tertiary/aromatic N) is 3. The maximum absolute atomic E-state index is 12.5. The molecular formula is C21H32N4OS. The fourth-order valence-electron chi connectivity index (χ4n) is 3.67. The lowest BCUT2D eigenvalue weighted by atomic mass is 10.1. The van der Waals surface area contributed by atoms with Crippen LogP contribution in [-0.2, 0) is 17.9 Å². The number of nitrogens with one attached hydrogen (secondary N) is 1. The molecule has 1 aromatic rings. The minimum atomic E-state index is 0.242. The minimum Gasteiger partial charge on any atom is -0.357 e. The summed E-state index contributed by atoms with van der Waals surface area (Å²) in [7, 11) is 0. The van der Waals surface area contributed by atoms with Gasteiger partial charge in [-0.25, -0.2) is 0 Å². The molecule has 2 heterocycles. The van der Waals surface area contributed by atoms with Gasteiger partial charge in [-0.05, 0) is 30.9 Å². The summed E-state index contributed by atoms with van der Waals surface area (Å²) >= 11 is 2.07. The van der Waals surface area contributed by atoms with Crippen molar-refractivity contribution in [2.24, 2.45) is 4.99 Å². The van der Waals surface area contributed by atoms with E-state index in [1.54, 1.807) is 0 Å². The molecule has 148 valence electrons. The number of amides is 1. The standard InChI is InChI=1S/C21H32N4OS/c1-3-19-16-24(12-13-27-19)21(22-4-2)23-11-7-10-20(26)25-14-17-8-5-6-9-18(17)15-25/h5-6,8-9,19H,3-4,7,10-16H2,1-2H3,(H,22,23). The van der Waals surface area contributed by atoms with Crippen LogP contribution in [0.15, 0.2) is 29.3 Å². The van der Waals surface area contributed by atoms with Crippen molar-refractivity contribution in [3.05, 3.63) is 35.4 Å². The highest BCUT2D eigenvalue weighted by Crippen LogP contribution is 2.23. The molecule has 1 amide bonds. The summed E-state index contributed by atoms with van der Waals surface area (Å²) in [6, 6.07) is 8.34. The Hall–Kier alpha value is -1.69. The molecule has 27 heavy (non-hydrogen) atoms. The topological polar surface area (TPSA) is 47.9 Å². The first-order chi connectivity index (χ1) is 13.2. The summed E-state index contributed by atoms with van der Waals surface area (Å²) in [6.07, 6.45) is 2.58. The van der Waals surface area contributed by atoms with Crippen molar-refractivity contribution in [3.63, 3.8) is 0 Å². The zero-order valence-electron chi connectivity index (χ0n) is 16.6. The van der Waals surface area contributed by atoms with Crippen molar-refractivity contribution in [2.75, 3.05) is 31.9 Å². The van der Waals surface area contributed by atoms with Crippen LogP contribution in [-0.4, -0.2) is 58.8 Å². The number of guanidine groups is 1. The highest BCUT2D eigenvalue weighted by molar-refractivity contribution is 8.00. The van der Waals surface area contributed by atoms with E-state index in [1.165, 1.54) is 17.5 Å². The molecule has 5 nitrogen and oxygen atoms in total. The summed E-state index contributed by atoms with van der Waals surface area (Å²) in [4.78, 5) is 21.7. The van der Waals surface area contributed by atoms with E-state index in [-0.39, 0.29) is 5.91 Å². The van der Waals surface area contributed by atoms with Crippen LogP contribution >= 0.6 is 11.8 Å². The van der Waals surface area contributed by atoms with E-state index in [0.717, 1.165) is 50.9 Å². The fraction of sp³-hybridized carbons (Fsp3) is 0.619. The van der Waals surface area contributed by atoms with Crippen molar-refractivity contribution < 1.29 is 4.79 Å². The lowest BCUT2D eigenvalue weighted by Crippen LogP contribution is -2.48. The Labute approximate surface area is 167 Å². The van der Waals surface area contributed by atoms with Gasteiger partial charge in [-0.15, -0.1) is 0 Å². The average Bonchev–Trinajstić information content (AvgIpc) is 3.14. The van der Waals surface area contributed by atoms with E-state index in [4.69, 9.17) is 4.99 Å². The summed E-state index contributed by atoms with van der Waals surface area (Å²) in [6.45, 7) is 9.58. The van der Waals surface area contributed by atoms with E-state index in [0.29, 0.717) is 18.2 Å². The Morgan fingerprint density at radius 3 is 2.63 bits per heavy atom. The summed E-state index contributed by atoms with van der Waals surface area (Å²) in [5.41, 5.74) is 2.57. The van der Waals surface area contributed by atoms with Gasteiger partial charge in [-0.2, -0.15) is 11.8 Å². The number of hydrogen-bond acceptors (Lipinski definition) is 3. The molecule has 2 aliphatic heterocycles. The maximum atomic E-state index is 12.5. The van der Waals surface area contributed by atoms with E-state index < -0.39 is 0 Å². The van der Waals surface area contributed by atoms with Gasteiger partial charge >= 0.3 is 0 Å². The smallest absolute Gasteiger partial charge is 0.223 e. The third kappa shape index (κ3) is 5.41. The third-order valence-electron chi connectivity index (χ3n) is 5.23. The molecule has 2 aliphatic rings. The van der Waals surface area contributed by atoms with Crippen LogP contribution in [0.1, 0.15) is 44.2 Å². The van der Waals surface area contributed by atoms with Crippen LogP contribution < -0.4 is 5.32 Å². The number of thioether (sulfide) groups is 1. The summed E-state index contributed by atoms with van der Waals surface area (Å²) in [5, 5.41) is 4.12. The van der Waals surface area contributed by atoms with Crippen molar-refractivity contribution in [1.29, 1.82) is 0 Å². The number of aliphatic imine (C=N–C) groups is 1. The molecule has 0 aliphatic carbocycles. The normalized spacial score (nSPS) is 19.9. The van der Waals surface area contributed by atoms with Gasteiger partial charge in [0.2, 0.25) is 5.91 Å². The van der Waals surface area contributed by atoms with Gasteiger partial charge in [0.1, 0.15) is 0 Å². The Kier molecular flexibility index (Phi) is 7.44. The van der Waals surface area contributed by atoms with Gasteiger partial charge < -0.3 is 15.1 Å². The maximum Gasteiger partial charge on any atom is 0.223 e. The zero-order valence-corrected chi connectivity index (χ0v) is 17.4. The number of carbonyl (C=O) groups is 1. The lowest BCUT2D eigenvalue weighted by Gasteiger charge is -2.34. The van der Waals surface area contributed by atoms with E-state index in [2.05, 4.69) is 48.0 Å². The SMILES string of the molecule is CCNC(=NCCCC(=O)N1Cc2ccccc2C1)N1CCSC(CC)C1. The van der Waals surface area contributed by atoms with Gasteiger partial charge in [-0.1, -0.05) is 31.2 Å². The highest BCUT2D eigenvalue weighted by atomic mass is 32.2. The monoisotopic (exact) mass is 388 g/mol. The number of carbonyl (C=O) groups excluding carboxylic acids is 1. The Bertz CT molecular complexity index is 638. The number of fused-ring (bicyclic) bond motifs is 1. The molecule has 3 rings (SSSR count). The molecule has 1 aromatic carbocycles. The Morgan fingerprint density at radius 2 is 1.96 bits per heavy atom. The predicted molar refractivity (Wildman–Crippen MR) is 114 cm³/mol. The zero-order chi connectivity index (χ0) is 19.1. The van der Waals surface area contributed by atoms with Gasteiger partial charge in [0.25, 0.3) is 0 Å². The second-order valence-electron chi connectivity index (χ2n) is 7.20.